The zero-order chi connectivity index (χ0) is 11.1. The molecule has 2 nitrogen and oxygen atoms in total. The largest absolute Gasteiger partial charge is 0.323 e. The van der Waals surface area contributed by atoms with Crippen molar-refractivity contribution in [3.63, 3.8) is 0 Å². The van der Waals surface area contributed by atoms with Gasteiger partial charge in [-0.25, -0.2) is 4.98 Å². The number of hydrogen-bond donors (Lipinski definition) is 1. The standard InChI is InChI=1S/C11H11ClN2S2/c12-9-5-4-8(15-9)11-14-10-6(13)2-1-3-7(10)16-11/h4-6H,1-3,13H2. The van der Waals surface area contributed by atoms with E-state index in [2.05, 4.69) is 4.98 Å². The van der Waals surface area contributed by atoms with Crippen molar-refractivity contribution in [2.75, 3.05) is 0 Å². The third-order valence-corrected chi connectivity index (χ3v) is 5.31. The maximum absolute atomic E-state index is 6.06. The summed E-state index contributed by atoms with van der Waals surface area (Å²) in [7, 11) is 0. The molecule has 0 fully saturated rings. The lowest BCUT2D eigenvalue weighted by Gasteiger charge is -2.15. The second-order valence-corrected chi connectivity index (χ2v) is 6.73. The van der Waals surface area contributed by atoms with Crippen molar-refractivity contribution in [3.8, 4) is 9.88 Å². The highest BCUT2D eigenvalue weighted by Gasteiger charge is 2.22. The first kappa shape index (κ1) is 10.7. The smallest absolute Gasteiger partial charge is 0.134 e. The third-order valence-electron chi connectivity index (χ3n) is 2.78. The van der Waals surface area contributed by atoms with Gasteiger partial charge in [-0.3, -0.25) is 0 Å². The SMILES string of the molecule is NC1CCCc2sc(-c3ccc(Cl)s3)nc21. The van der Waals surface area contributed by atoms with Crippen molar-refractivity contribution >= 4 is 34.3 Å². The van der Waals surface area contributed by atoms with Gasteiger partial charge in [0.1, 0.15) is 5.01 Å². The first-order valence-electron chi connectivity index (χ1n) is 5.25. The number of fused-ring (bicyclic) bond motifs is 1. The molecule has 0 spiro atoms. The molecule has 16 heavy (non-hydrogen) atoms. The molecule has 1 unspecified atom stereocenters. The quantitative estimate of drug-likeness (QED) is 0.855. The predicted molar refractivity (Wildman–Crippen MR) is 70.3 cm³/mol. The van der Waals surface area contributed by atoms with Gasteiger partial charge in [0.2, 0.25) is 0 Å². The molecule has 0 aromatic carbocycles. The Hall–Kier alpha value is -0.420. The van der Waals surface area contributed by atoms with Gasteiger partial charge in [-0.2, -0.15) is 0 Å². The summed E-state index contributed by atoms with van der Waals surface area (Å²) in [5.41, 5.74) is 7.17. The summed E-state index contributed by atoms with van der Waals surface area (Å²) >= 11 is 9.28. The molecule has 0 saturated carbocycles. The number of halogens is 1. The van der Waals surface area contributed by atoms with Crippen LogP contribution in [0.1, 0.15) is 29.5 Å². The molecule has 1 atom stereocenters. The van der Waals surface area contributed by atoms with E-state index in [1.54, 1.807) is 22.7 Å². The fourth-order valence-electron chi connectivity index (χ4n) is 1.99. The minimum Gasteiger partial charge on any atom is -0.323 e. The summed E-state index contributed by atoms with van der Waals surface area (Å²) in [6.45, 7) is 0. The molecule has 0 amide bonds. The molecule has 3 rings (SSSR count). The van der Waals surface area contributed by atoms with E-state index in [-0.39, 0.29) is 6.04 Å². The average Bonchev–Trinajstić information content (AvgIpc) is 2.84. The van der Waals surface area contributed by atoms with Gasteiger partial charge in [-0.1, -0.05) is 11.6 Å². The Morgan fingerprint density at radius 1 is 1.38 bits per heavy atom. The van der Waals surface area contributed by atoms with Crippen molar-refractivity contribution in [3.05, 3.63) is 27.0 Å². The number of hydrogen-bond acceptors (Lipinski definition) is 4. The number of nitrogens with two attached hydrogens (primary N) is 1. The van der Waals surface area contributed by atoms with Gasteiger partial charge in [0.15, 0.2) is 0 Å². The van der Waals surface area contributed by atoms with Crippen molar-refractivity contribution in [2.45, 2.75) is 25.3 Å². The van der Waals surface area contributed by atoms with Crippen molar-refractivity contribution in [2.24, 2.45) is 5.73 Å². The van der Waals surface area contributed by atoms with Crippen LogP contribution in [0.3, 0.4) is 0 Å². The van der Waals surface area contributed by atoms with Crippen LogP contribution in [0.25, 0.3) is 9.88 Å². The fraction of sp³-hybridized carbons (Fsp3) is 0.364. The van der Waals surface area contributed by atoms with Crippen molar-refractivity contribution < 1.29 is 0 Å². The number of thiophene rings is 1. The van der Waals surface area contributed by atoms with Crippen LogP contribution in [0.15, 0.2) is 12.1 Å². The van der Waals surface area contributed by atoms with Gasteiger partial charge in [0, 0.05) is 10.9 Å². The molecular formula is C11H11ClN2S2. The molecule has 0 saturated heterocycles. The molecule has 5 heteroatoms. The number of aryl methyl sites for hydroxylation is 1. The molecule has 0 bridgehead atoms. The Kier molecular flexibility index (Phi) is 2.75. The molecule has 2 aromatic rings. The topological polar surface area (TPSA) is 38.9 Å². The van der Waals surface area contributed by atoms with E-state index in [1.165, 1.54) is 11.3 Å². The molecular weight excluding hydrogens is 260 g/mol. The van der Waals surface area contributed by atoms with Crippen LogP contribution < -0.4 is 5.73 Å². The molecule has 0 radical (unpaired) electrons. The zero-order valence-electron chi connectivity index (χ0n) is 8.57. The van der Waals surface area contributed by atoms with Crippen LogP contribution in [0.5, 0.6) is 0 Å². The average molecular weight is 271 g/mol. The van der Waals surface area contributed by atoms with Crippen LogP contribution in [-0.4, -0.2) is 4.98 Å². The predicted octanol–water partition coefficient (Wildman–Crippen LogP) is 3.86. The summed E-state index contributed by atoms with van der Waals surface area (Å²) in [5.74, 6) is 0. The Morgan fingerprint density at radius 2 is 2.25 bits per heavy atom. The van der Waals surface area contributed by atoms with Gasteiger partial charge >= 0.3 is 0 Å². The first-order chi connectivity index (χ1) is 7.74. The molecule has 1 aliphatic carbocycles. The van der Waals surface area contributed by atoms with E-state index in [0.29, 0.717) is 0 Å². The van der Waals surface area contributed by atoms with Gasteiger partial charge in [0.05, 0.1) is 14.9 Å². The number of thiazole rings is 1. The zero-order valence-corrected chi connectivity index (χ0v) is 11.0. The van der Waals surface area contributed by atoms with Gasteiger partial charge < -0.3 is 5.73 Å². The number of aromatic nitrogens is 1. The van der Waals surface area contributed by atoms with E-state index in [4.69, 9.17) is 17.3 Å². The Morgan fingerprint density at radius 3 is 2.94 bits per heavy atom. The molecule has 2 heterocycles. The lowest BCUT2D eigenvalue weighted by molar-refractivity contribution is 0.564. The molecule has 2 N–H and O–H groups in total. The highest BCUT2D eigenvalue weighted by molar-refractivity contribution is 7.23. The van der Waals surface area contributed by atoms with E-state index >= 15 is 0 Å². The summed E-state index contributed by atoms with van der Waals surface area (Å²) in [6.07, 6.45) is 3.36. The summed E-state index contributed by atoms with van der Waals surface area (Å²) in [6, 6.07) is 4.08. The summed E-state index contributed by atoms with van der Waals surface area (Å²) in [4.78, 5) is 7.17. The van der Waals surface area contributed by atoms with E-state index in [1.807, 2.05) is 12.1 Å². The summed E-state index contributed by atoms with van der Waals surface area (Å²) in [5, 5.41) is 1.07. The first-order valence-corrected chi connectivity index (χ1v) is 7.26. The normalized spacial score (nSPS) is 19.8. The Bertz CT molecular complexity index is 518. The third kappa shape index (κ3) is 1.80. The van der Waals surface area contributed by atoms with Crippen LogP contribution in [-0.2, 0) is 6.42 Å². The number of nitrogens with zero attached hydrogens (tertiary/aromatic N) is 1. The molecule has 1 aliphatic rings. The van der Waals surface area contributed by atoms with Gasteiger partial charge in [-0.05, 0) is 31.4 Å². The van der Waals surface area contributed by atoms with Gasteiger partial charge in [0.25, 0.3) is 0 Å². The monoisotopic (exact) mass is 270 g/mol. The molecule has 0 aliphatic heterocycles. The highest BCUT2D eigenvalue weighted by atomic mass is 35.5. The second kappa shape index (κ2) is 4.11. The fourth-order valence-corrected chi connectivity index (χ4v) is 4.26. The molecule has 84 valence electrons. The minimum absolute atomic E-state index is 0.129. The minimum atomic E-state index is 0.129. The van der Waals surface area contributed by atoms with Crippen molar-refractivity contribution in [1.82, 2.24) is 4.98 Å². The maximum atomic E-state index is 6.06. The Labute approximate surface area is 107 Å². The van der Waals surface area contributed by atoms with Crippen LogP contribution >= 0.6 is 34.3 Å². The van der Waals surface area contributed by atoms with Crippen LogP contribution in [0, 0.1) is 0 Å². The Balaban J connectivity index is 2.04. The van der Waals surface area contributed by atoms with Crippen molar-refractivity contribution in [1.29, 1.82) is 0 Å². The lowest BCUT2D eigenvalue weighted by atomic mass is 9.99. The van der Waals surface area contributed by atoms with E-state index in [9.17, 15) is 0 Å². The van der Waals surface area contributed by atoms with E-state index < -0.39 is 0 Å². The van der Waals surface area contributed by atoms with Crippen LogP contribution in [0.2, 0.25) is 4.34 Å². The maximum Gasteiger partial charge on any atom is 0.134 e. The van der Waals surface area contributed by atoms with Gasteiger partial charge in [-0.15, -0.1) is 22.7 Å². The lowest BCUT2D eigenvalue weighted by Crippen LogP contribution is -2.16. The van der Waals surface area contributed by atoms with E-state index in [0.717, 1.165) is 32.8 Å². The summed E-state index contributed by atoms with van der Waals surface area (Å²) < 4.78 is 0.812. The molecule has 2 aromatic heterocycles. The number of rotatable bonds is 1. The highest BCUT2D eigenvalue weighted by Crippen LogP contribution is 2.39. The second-order valence-electron chi connectivity index (χ2n) is 3.93. The van der Waals surface area contributed by atoms with Crippen LogP contribution in [0.4, 0.5) is 0 Å².